The minimum atomic E-state index is -4.33. The lowest BCUT2D eigenvalue weighted by Crippen LogP contribution is -2.39. The number of sulfonamides is 1. The zero-order valence-electron chi connectivity index (χ0n) is 14.7. The topological polar surface area (TPSA) is 179 Å². The van der Waals surface area contributed by atoms with Gasteiger partial charge in [-0.2, -0.15) is 4.31 Å². The fraction of sp³-hybridized carbons (Fsp3) is 0.125. The van der Waals surface area contributed by atoms with Gasteiger partial charge in [0.05, 0.1) is 16.4 Å². The fourth-order valence-corrected chi connectivity index (χ4v) is 3.79. The van der Waals surface area contributed by atoms with Gasteiger partial charge in [0.15, 0.2) is 0 Å². The molecule has 2 rings (SSSR count). The molecule has 0 radical (unpaired) electrons. The Morgan fingerprint density at radius 1 is 1.07 bits per heavy atom. The summed E-state index contributed by atoms with van der Waals surface area (Å²) in [5, 5.41) is 28.2. The van der Waals surface area contributed by atoms with Gasteiger partial charge in [0.1, 0.15) is 0 Å². The number of nitrogens with one attached hydrogen (secondary N) is 2. The van der Waals surface area contributed by atoms with Crippen molar-refractivity contribution in [3.63, 3.8) is 0 Å². The molecule has 0 aromatic heterocycles. The Bertz CT molecular complexity index is 1020. The minimum Gasteiger partial charge on any atom is -0.289 e. The lowest BCUT2D eigenvalue weighted by Gasteiger charge is -2.21. The number of hydrogen-bond donors (Lipinski definition) is 4. The fourth-order valence-electron chi connectivity index (χ4n) is 2.36. The number of non-ortho nitro benzene ring substituents is 1. The molecular formula is C16H16N4O8S. The molecule has 0 bridgehead atoms. The number of carbonyl (C=O) groups is 2. The lowest BCUT2D eigenvalue weighted by atomic mass is 10.2. The molecule has 2 aromatic carbocycles. The van der Waals surface area contributed by atoms with Crippen LogP contribution in [0, 0.1) is 10.1 Å². The second kappa shape index (κ2) is 9.20. The van der Waals surface area contributed by atoms with Crippen LogP contribution < -0.4 is 11.0 Å². The molecule has 29 heavy (non-hydrogen) atoms. The van der Waals surface area contributed by atoms with Crippen molar-refractivity contribution in [1.29, 1.82) is 0 Å². The first-order chi connectivity index (χ1) is 13.7. The molecule has 0 spiro atoms. The molecule has 2 amide bonds. The molecule has 2 aromatic rings. The molecule has 0 aliphatic rings. The number of nitro benzene ring substituents is 1. The standard InChI is InChI=1S/C16H16N4O8S/c21-15(17-23)10-19(9-11-4-6-13(7-5-11)20(25)26)29(27,28)14-3-1-2-12(8-14)16(22)18-24/h1-8,23-24H,9-10H2,(H,17,21)(H,18,22). The maximum atomic E-state index is 13.0. The molecule has 0 atom stereocenters. The average Bonchev–Trinajstić information content (AvgIpc) is 2.72. The van der Waals surface area contributed by atoms with Crippen LogP contribution in [0.15, 0.2) is 53.4 Å². The van der Waals surface area contributed by atoms with Gasteiger partial charge in [-0.25, -0.2) is 19.4 Å². The lowest BCUT2D eigenvalue weighted by molar-refractivity contribution is -0.384. The Hall–Kier alpha value is -3.39. The van der Waals surface area contributed by atoms with Gasteiger partial charge in [0.2, 0.25) is 10.0 Å². The molecule has 0 saturated carbocycles. The van der Waals surface area contributed by atoms with E-state index >= 15 is 0 Å². The van der Waals surface area contributed by atoms with E-state index in [-0.39, 0.29) is 22.7 Å². The summed E-state index contributed by atoms with van der Waals surface area (Å²) in [6, 6.07) is 9.74. The van der Waals surface area contributed by atoms with Crippen LogP contribution in [-0.4, -0.2) is 46.4 Å². The van der Waals surface area contributed by atoms with Crippen molar-refractivity contribution in [2.45, 2.75) is 11.4 Å². The first-order valence-corrected chi connectivity index (χ1v) is 9.34. The number of hydrogen-bond acceptors (Lipinski definition) is 8. The highest BCUT2D eigenvalue weighted by atomic mass is 32.2. The number of carbonyl (C=O) groups excluding carboxylic acids is 2. The largest absolute Gasteiger partial charge is 0.289 e. The average molecular weight is 424 g/mol. The second-order valence-electron chi connectivity index (χ2n) is 5.70. The van der Waals surface area contributed by atoms with Gasteiger partial charge >= 0.3 is 0 Å². The summed E-state index contributed by atoms with van der Waals surface area (Å²) in [6.45, 7) is -1.10. The van der Waals surface area contributed by atoms with E-state index in [1.807, 2.05) is 0 Å². The van der Waals surface area contributed by atoms with E-state index in [9.17, 15) is 28.1 Å². The second-order valence-corrected chi connectivity index (χ2v) is 7.64. The Balaban J connectivity index is 2.41. The van der Waals surface area contributed by atoms with Gasteiger partial charge in [-0.1, -0.05) is 18.2 Å². The molecule has 4 N–H and O–H groups in total. The molecule has 12 nitrogen and oxygen atoms in total. The Labute approximate surface area is 164 Å². The molecule has 0 saturated heterocycles. The van der Waals surface area contributed by atoms with Crippen LogP contribution in [0.3, 0.4) is 0 Å². The van der Waals surface area contributed by atoms with Crippen molar-refractivity contribution in [3.8, 4) is 0 Å². The van der Waals surface area contributed by atoms with Crippen molar-refractivity contribution >= 4 is 27.5 Å². The Morgan fingerprint density at radius 2 is 1.72 bits per heavy atom. The number of amides is 2. The Morgan fingerprint density at radius 3 is 2.28 bits per heavy atom. The first-order valence-electron chi connectivity index (χ1n) is 7.90. The third kappa shape index (κ3) is 5.32. The molecule has 0 aliphatic heterocycles. The molecule has 154 valence electrons. The number of nitrogens with zero attached hydrogens (tertiary/aromatic N) is 2. The van der Waals surface area contributed by atoms with Crippen molar-refractivity contribution in [1.82, 2.24) is 15.3 Å². The van der Waals surface area contributed by atoms with Gasteiger partial charge < -0.3 is 0 Å². The monoisotopic (exact) mass is 424 g/mol. The van der Waals surface area contributed by atoms with E-state index in [1.54, 1.807) is 0 Å². The Kier molecular flexibility index (Phi) is 6.95. The zero-order valence-corrected chi connectivity index (χ0v) is 15.5. The van der Waals surface area contributed by atoms with Crippen LogP contribution in [0.2, 0.25) is 0 Å². The maximum absolute atomic E-state index is 13.0. The van der Waals surface area contributed by atoms with Crippen LogP contribution >= 0.6 is 0 Å². The van der Waals surface area contributed by atoms with E-state index in [4.69, 9.17) is 10.4 Å². The highest BCUT2D eigenvalue weighted by Crippen LogP contribution is 2.21. The summed E-state index contributed by atoms with van der Waals surface area (Å²) in [5.41, 5.74) is 2.72. The molecule has 0 aliphatic carbocycles. The van der Waals surface area contributed by atoms with Crippen molar-refractivity contribution in [2.75, 3.05) is 6.54 Å². The van der Waals surface area contributed by atoms with Crippen molar-refractivity contribution in [2.24, 2.45) is 0 Å². The van der Waals surface area contributed by atoms with E-state index in [0.29, 0.717) is 5.56 Å². The first kappa shape index (κ1) is 21.9. The van der Waals surface area contributed by atoms with Crippen LogP contribution in [0.4, 0.5) is 5.69 Å². The summed E-state index contributed by atoms with van der Waals surface area (Å²) in [4.78, 5) is 32.9. The minimum absolute atomic E-state index is 0.143. The summed E-state index contributed by atoms with van der Waals surface area (Å²) >= 11 is 0. The molecular weight excluding hydrogens is 408 g/mol. The van der Waals surface area contributed by atoms with Crippen LogP contribution in [0.25, 0.3) is 0 Å². The normalized spacial score (nSPS) is 11.1. The van der Waals surface area contributed by atoms with Gasteiger partial charge in [-0.15, -0.1) is 0 Å². The van der Waals surface area contributed by atoms with Crippen LogP contribution in [0.5, 0.6) is 0 Å². The molecule has 13 heteroatoms. The summed E-state index contributed by atoms with van der Waals surface area (Å²) in [7, 11) is -4.33. The summed E-state index contributed by atoms with van der Waals surface area (Å²) in [5.74, 6) is -1.95. The third-order valence-corrected chi connectivity index (χ3v) is 5.57. The quantitative estimate of drug-likeness (QED) is 0.267. The predicted octanol–water partition coefficient (Wildman–Crippen LogP) is 0.410. The third-order valence-electron chi connectivity index (χ3n) is 3.79. The summed E-state index contributed by atoms with van der Waals surface area (Å²) < 4.78 is 26.7. The van der Waals surface area contributed by atoms with Crippen LogP contribution in [-0.2, 0) is 21.4 Å². The zero-order chi connectivity index (χ0) is 21.6. The molecule has 0 unspecified atom stereocenters. The van der Waals surface area contributed by atoms with Gasteiger partial charge in [-0.05, 0) is 23.8 Å². The molecule has 0 fully saturated rings. The number of nitro groups is 1. The van der Waals surface area contributed by atoms with Gasteiger partial charge in [0, 0.05) is 24.2 Å². The van der Waals surface area contributed by atoms with Crippen LogP contribution in [0.1, 0.15) is 15.9 Å². The number of benzene rings is 2. The van der Waals surface area contributed by atoms with Crippen molar-refractivity contribution in [3.05, 3.63) is 69.8 Å². The van der Waals surface area contributed by atoms with E-state index < -0.39 is 33.3 Å². The van der Waals surface area contributed by atoms with Gasteiger partial charge in [0.25, 0.3) is 17.5 Å². The van der Waals surface area contributed by atoms with E-state index in [1.165, 1.54) is 53.4 Å². The smallest absolute Gasteiger partial charge is 0.274 e. The predicted molar refractivity (Wildman–Crippen MR) is 96.3 cm³/mol. The maximum Gasteiger partial charge on any atom is 0.274 e. The van der Waals surface area contributed by atoms with E-state index in [2.05, 4.69) is 0 Å². The highest BCUT2D eigenvalue weighted by molar-refractivity contribution is 7.89. The number of hydroxylamine groups is 2. The van der Waals surface area contributed by atoms with Crippen molar-refractivity contribution < 1.29 is 33.3 Å². The van der Waals surface area contributed by atoms with Gasteiger partial charge in [-0.3, -0.25) is 30.1 Å². The summed E-state index contributed by atoms with van der Waals surface area (Å²) in [6.07, 6.45) is 0. The number of rotatable bonds is 8. The highest BCUT2D eigenvalue weighted by Gasteiger charge is 2.27. The SMILES string of the molecule is O=C(CN(Cc1ccc([N+](=O)[O-])cc1)S(=O)(=O)c1cccc(C(=O)NO)c1)NO. The molecule has 0 heterocycles. The van der Waals surface area contributed by atoms with E-state index in [0.717, 1.165) is 10.4 Å².